The number of aliphatic hydroxyl groups excluding tert-OH is 1. The fraction of sp³-hybridized carbons (Fsp3) is 0.400. The molecule has 0 aliphatic carbocycles. The Morgan fingerprint density at radius 2 is 2.26 bits per heavy atom. The minimum atomic E-state index is -0.308. The molecule has 164 valence electrons. The average molecular weight is 462 g/mol. The lowest BCUT2D eigenvalue weighted by Gasteiger charge is -2.29. The molecule has 2 atom stereocenters. The van der Waals surface area contributed by atoms with Gasteiger partial charge in [-0.3, -0.25) is 14.7 Å². The number of nitrogens with zero attached hydrogens (tertiary/aromatic N) is 4. The van der Waals surface area contributed by atoms with Crippen molar-refractivity contribution in [2.75, 3.05) is 24.1 Å². The van der Waals surface area contributed by atoms with Gasteiger partial charge in [-0.15, -0.1) is 0 Å². The molecule has 1 amide bonds. The van der Waals surface area contributed by atoms with Crippen LogP contribution in [0.25, 0.3) is 0 Å². The quantitative estimate of drug-likeness (QED) is 0.518. The molecule has 5 N–H and O–H groups in total. The molecule has 1 aromatic carbocycles. The van der Waals surface area contributed by atoms with Gasteiger partial charge in [0.1, 0.15) is 22.7 Å². The van der Waals surface area contributed by atoms with E-state index in [0.29, 0.717) is 39.4 Å². The largest absolute Gasteiger partial charge is 0.399 e. The summed E-state index contributed by atoms with van der Waals surface area (Å²) < 4.78 is 0. The number of aromatic nitrogens is 1. The maximum atomic E-state index is 12.7. The summed E-state index contributed by atoms with van der Waals surface area (Å²) in [7, 11) is 0. The van der Waals surface area contributed by atoms with E-state index in [2.05, 4.69) is 30.5 Å². The van der Waals surface area contributed by atoms with Crippen LogP contribution < -0.4 is 16.4 Å². The van der Waals surface area contributed by atoms with Gasteiger partial charge < -0.3 is 21.5 Å². The zero-order chi connectivity index (χ0) is 22.1. The van der Waals surface area contributed by atoms with E-state index in [-0.39, 0.29) is 18.2 Å². The number of nitrogens with one attached hydrogen (secondary N) is 2. The number of thiazole rings is 1. The maximum Gasteiger partial charge on any atom is 0.267 e. The van der Waals surface area contributed by atoms with Crippen LogP contribution in [0.15, 0.2) is 28.3 Å². The third-order valence-electron chi connectivity index (χ3n) is 5.16. The van der Waals surface area contributed by atoms with E-state index in [9.17, 15) is 9.90 Å². The number of nitrogen functional groups attached to an aromatic ring is 1. The standard InChI is InChI=1S/C20H24ClN7O2S/c1-10-5-12(22)6-14(21)18(10)27-19(30)15-8-23-20(31-15)26-16-7-17(25-11(2)24-16)28-4-3-13(29)9-28/h5-6,8,13,17,29H,3-4,7,9,22H2,1-2H3,(H,27,30)(H,23,24,25,26). The van der Waals surface area contributed by atoms with Crippen molar-refractivity contribution >= 4 is 57.0 Å². The van der Waals surface area contributed by atoms with Crippen LogP contribution in [0.4, 0.5) is 16.5 Å². The minimum absolute atomic E-state index is 0.0597. The summed E-state index contributed by atoms with van der Waals surface area (Å²) in [6.45, 7) is 5.14. The summed E-state index contributed by atoms with van der Waals surface area (Å²) >= 11 is 7.41. The first kappa shape index (κ1) is 21.7. The van der Waals surface area contributed by atoms with Crippen molar-refractivity contribution in [1.29, 1.82) is 0 Å². The smallest absolute Gasteiger partial charge is 0.267 e. The maximum absolute atomic E-state index is 12.7. The van der Waals surface area contributed by atoms with Crippen molar-refractivity contribution < 1.29 is 9.90 Å². The second-order valence-corrected chi connectivity index (χ2v) is 9.09. The van der Waals surface area contributed by atoms with Gasteiger partial charge in [0.15, 0.2) is 0 Å². The molecule has 1 fully saturated rings. The van der Waals surface area contributed by atoms with Gasteiger partial charge >= 0.3 is 0 Å². The van der Waals surface area contributed by atoms with E-state index in [1.165, 1.54) is 17.5 Å². The fourth-order valence-corrected chi connectivity index (χ4v) is 4.73. The molecule has 2 unspecified atom stereocenters. The summed E-state index contributed by atoms with van der Waals surface area (Å²) in [5.41, 5.74) is 7.62. The van der Waals surface area contributed by atoms with Crippen LogP contribution >= 0.6 is 22.9 Å². The van der Waals surface area contributed by atoms with Crippen LogP contribution in [0.1, 0.15) is 35.0 Å². The molecule has 2 aliphatic heterocycles. The van der Waals surface area contributed by atoms with Crippen LogP contribution in [0.3, 0.4) is 0 Å². The number of aliphatic imine (C=N–C) groups is 2. The van der Waals surface area contributed by atoms with Gasteiger partial charge in [0, 0.05) is 25.2 Å². The molecule has 2 aliphatic rings. The fourth-order valence-electron chi connectivity index (χ4n) is 3.70. The molecule has 0 saturated carbocycles. The molecule has 2 aromatic rings. The van der Waals surface area contributed by atoms with E-state index in [0.717, 1.165) is 30.2 Å². The number of carbonyl (C=O) groups is 1. The number of hydrogen-bond donors (Lipinski definition) is 4. The number of nitrogens with two attached hydrogens (primary N) is 1. The molecule has 0 radical (unpaired) electrons. The highest BCUT2D eigenvalue weighted by atomic mass is 35.5. The Hall–Kier alpha value is -2.53. The highest BCUT2D eigenvalue weighted by molar-refractivity contribution is 7.17. The number of β-amino-alcohol motifs (C(OH)–C–C–N with tert-alkyl or cyclic N) is 1. The van der Waals surface area contributed by atoms with Gasteiger partial charge in [-0.1, -0.05) is 22.9 Å². The normalized spacial score (nSPS) is 23.0. The lowest BCUT2D eigenvalue weighted by atomic mass is 10.1. The van der Waals surface area contributed by atoms with Crippen molar-refractivity contribution in [2.45, 2.75) is 39.0 Å². The van der Waals surface area contributed by atoms with Gasteiger partial charge in [0.25, 0.3) is 5.91 Å². The van der Waals surface area contributed by atoms with Gasteiger partial charge in [0.2, 0.25) is 5.13 Å². The van der Waals surface area contributed by atoms with Crippen molar-refractivity contribution in [2.24, 2.45) is 9.98 Å². The Bertz CT molecular complexity index is 1040. The lowest BCUT2D eigenvalue weighted by Crippen LogP contribution is -2.44. The zero-order valence-electron chi connectivity index (χ0n) is 17.2. The highest BCUT2D eigenvalue weighted by Gasteiger charge is 2.30. The SMILES string of the molecule is CC1=NC(N2CCC(O)C2)C/C(=N/c2ncc(C(=O)Nc3c(C)cc(N)cc3Cl)s2)N1. The summed E-state index contributed by atoms with van der Waals surface area (Å²) in [5, 5.41) is 16.7. The number of aryl methyl sites for hydroxylation is 1. The summed E-state index contributed by atoms with van der Waals surface area (Å²) in [5.74, 6) is 1.19. The van der Waals surface area contributed by atoms with E-state index in [1.807, 2.05) is 13.8 Å². The van der Waals surface area contributed by atoms with Crippen LogP contribution in [0, 0.1) is 6.92 Å². The number of halogens is 1. The van der Waals surface area contributed by atoms with E-state index in [4.69, 9.17) is 17.3 Å². The molecule has 31 heavy (non-hydrogen) atoms. The first-order valence-electron chi connectivity index (χ1n) is 9.92. The highest BCUT2D eigenvalue weighted by Crippen LogP contribution is 2.30. The average Bonchev–Trinajstić information content (AvgIpc) is 3.33. The van der Waals surface area contributed by atoms with Gasteiger partial charge in [0.05, 0.1) is 23.0 Å². The molecule has 0 spiro atoms. The molecule has 3 heterocycles. The lowest BCUT2D eigenvalue weighted by molar-refractivity contribution is 0.103. The van der Waals surface area contributed by atoms with Crippen LogP contribution in [-0.4, -0.2) is 57.9 Å². The molecule has 9 nitrogen and oxygen atoms in total. The number of likely N-dealkylation sites (tertiary alicyclic amines) is 1. The monoisotopic (exact) mass is 461 g/mol. The molecule has 11 heteroatoms. The van der Waals surface area contributed by atoms with Gasteiger partial charge in [-0.25, -0.2) is 9.98 Å². The Labute approximate surface area is 189 Å². The number of rotatable bonds is 4. The molecular weight excluding hydrogens is 438 g/mol. The Balaban J connectivity index is 1.47. The molecular formula is C20H24ClN7O2S. The van der Waals surface area contributed by atoms with Crippen molar-refractivity contribution in [1.82, 2.24) is 15.2 Å². The Morgan fingerprint density at radius 1 is 1.45 bits per heavy atom. The zero-order valence-corrected chi connectivity index (χ0v) is 18.8. The predicted octanol–water partition coefficient (Wildman–Crippen LogP) is 2.77. The second kappa shape index (κ2) is 8.91. The third kappa shape index (κ3) is 5.04. The topological polar surface area (TPSA) is 128 Å². The summed E-state index contributed by atoms with van der Waals surface area (Å²) in [6, 6.07) is 3.35. The van der Waals surface area contributed by atoms with E-state index in [1.54, 1.807) is 12.1 Å². The minimum Gasteiger partial charge on any atom is -0.399 e. The second-order valence-electron chi connectivity index (χ2n) is 7.68. The first-order valence-corrected chi connectivity index (χ1v) is 11.1. The number of anilines is 2. The van der Waals surface area contributed by atoms with Crippen LogP contribution in [0.2, 0.25) is 5.02 Å². The van der Waals surface area contributed by atoms with Crippen molar-refractivity contribution in [3.8, 4) is 0 Å². The summed E-state index contributed by atoms with van der Waals surface area (Å²) in [4.78, 5) is 28.7. The van der Waals surface area contributed by atoms with Crippen LogP contribution in [0.5, 0.6) is 0 Å². The molecule has 4 rings (SSSR count). The van der Waals surface area contributed by atoms with E-state index < -0.39 is 0 Å². The number of hydrogen-bond acceptors (Lipinski definition) is 8. The number of carbonyl (C=O) groups excluding carboxylic acids is 1. The van der Waals surface area contributed by atoms with Crippen molar-refractivity contribution in [3.05, 3.63) is 33.8 Å². The number of benzene rings is 1. The molecule has 1 aromatic heterocycles. The number of amides is 1. The summed E-state index contributed by atoms with van der Waals surface area (Å²) in [6.07, 6.45) is 2.48. The molecule has 0 bridgehead atoms. The Kier molecular flexibility index (Phi) is 6.24. The van der Waals surface area contributed by atoms with Crippen molar-refractivity contribution in [3.63, 3.8) is 0 Å². The van der Waals surface area contributed by atoms with Gasteiger partial charge in [-0.2, -0.15) is 0 Å². The number of amidine groups is 2. The van der Waals surface area contributed by atoms with Gasteiger partial charge in [-0.05, 0) is 38.0 Å². The predicted molar refractivity (Wildman–Crippen MR) is 125 cm³/mol. The number of aliphatic hydroxyl groups is 1. The Morgan fingerprint density at radius 3 is 2.97 bits per heavy atom. The third-order valence-corrected chi connectivity index (χ3v) is 6.34. The first-order chi connectivity index (χ1) is 14.8. The van der Waals surface area contributed by atoms with Crippen LogP contribution in [-0.2, 0) is 0 Å². The molecule has 1 saturated heterocycles. The van der Waals surface area contributed by atoms with E-state index >= 15 is 0 Å².